The van der Waals surface area contributed by atoms with Crippen molar-refractivity contribution in [1.29, 1.82) is 0 Å². The smallest absolute Gasteiger partial charge is 0.116 e. The molecule has 1 aliphatic rings. The van der Waals surface area contributed by atoms with E-state index >= 15 is 0 Å². The minimum Gasteiger partial charge on any atom is -0.315 e. The van der Waals surface area contributed by atoms with Crippen molar-refractivity contribution in [2.75, 3.05) is 13.1 Å². The Bertz CT molecular complexity index is 292. The van der Waals surface area contributed by atoms with Gasteiger partial charge >= 0.3 is 0 Å². The van der Waals surface area contributed by atoms with E-state index < -0.39 is 16.6 Å². The van der Waals surface area contributed by atoms with Crippen molar-refractivity contribution in [3.8, 4) is 0 Å². The summed E-state index contributed by atoms with van der Waals surface area (Å²) in [7, 11) is -1.11. The maximum absolute atomic E-state index is 12.3. The lowest BCUT2D eigenvalue weighted by molar-refractivity contribution is 0.671. The Kier molecular flexibility index (Phi) is 4.22. The Morgan fingerprint density at radius 3 is 2.71 bits per heavy atom. The van der Waals surface area contributed by atoms with Crippen LogP contribution in [0.4, 0.5) is 4.39 Å². The zero-order valence-corrected chi connectivity index (χ0v) is 8.78. The highest BCUT2D eigenvalue weighted by Crippen LogP contribution is 2.14. The maximum Gasteiger partial charge on any atom is 0.116 e. The summed E-state index contributed by atoms with van der Waals surface area (Å²) in [6.07, 6.45) is 3.50. The van der Waals surface area contributed by atoms with E-state index in [9.17, 15) is 8.60 Å². The molecule has 1 saturated heterocycles. The van der Waals surface area contributed by atoms with Crippen LogP contribution in [0.2, 0.25) is 0 Å². The summed E-state index contributed by atoms with van der Waals surface area (Å²) in [4.78, 5) is 0.456. The molecule has 0 spiro atoms. The van der Waals surface area contributed by atoms with Gasteiger partial charge in [-0.1, -0.05) is 13.2 Å². The molecule has 2 unspecified atom stereocenters. The molecule has 0 aliphatic carbocycles. The van der Waals surface area contributed by atoms with E-state index in [1.54, 1.807) is 0 Å². The van der Waals surface area contributed by atoms with Crippen molar-refractivity contribution in [3.05, 3.63) is 36.0 Å². The average Bonchev–Trinajstić information content (AvgIpc) is 2.65. The minimum atomic E-state index is -1.11. The third kappa shape index (κ3) is 3.20. The molecule has 0 aromatic heterocycles. The van der Waals surface area contributed by atoms with E-state index in [2.05, 4.69) is 18.5 Å². The summed E-state index contributed by atoms with van der Waals surface area (Å²) < 4.78 is 24.0. The highest BCUT2D eigenvalue weighted by atomic mass is 32.2. The number of nitrogens with one attached hydrogen (secondary N) is 1. The molecule has 0 saturated carbocycles. The van der Waals surface area contributed by atoms with Gasteiger partial charge in [0.25, 0.3) is 0 Å². The van der Waals surface area contributed by atoms with Crippen LogP contribution in [0.1, 0.15) is 6.42 Å². The van der Waals surface area contributed by atoms with Crippen LogP contribution in [0.25, 0.3) is 0 Å². The van der Waals surface area contributed by atoms with E-state index in [1.807, 2.05) is 0 Å². The molecule has 1 N–H and O–H groups in total. The lowest BCUT2D eigenvalue weighted by atomic mass is 10.4. The van der Waals surface area contributed by atoms with E-state index in [4.69, 9.17) is 0 Å². The standard InChI is InChI=1S/C10H14FNOS/c1-8(11)3-4-9(2)14(13)10-5-6-12-7-10/h3-4,10,12H,1-2,5-7H2/b4-3-. The molecule has 2 nitrogen and oxygen atoms in total. The molecule has 1 aliphatic heterocycles. The molecule has 1 rings (SSSR count). The SMILES string of the molecule is C=C(F)/C=C\C(=C)S(=O)C1CCNC1. The van der Waals surface area contributed by atoms with Gasteiger partial charge in [0.05, 0.1) is 16.0 Å². The fourth-order valence-electron chi connectivity index (χ4n) is 1.28. The molecule has 2 atom stereocenters. The summed E-state index contributed by atoms with van der Waals surface area (Å²) in [6, 6.07) is 0. The predicted octanol–water partition coefficient (Wildman–Crippen LogP) is 1.65. The number of allylic oxidation sites excluding steroid dienone is 3. The van der Waals surface area contributed by atoms with Gasteiger partial charge in [-0.25, -0.2) is 4.39 Å². The normalized spacial score (nSPS) is 23.9. The highest BCUT2D eigenvalue weighted by Gasteiger charge is 2.21. The summed E-state index contributed by atoms with van der Waals surface area (Å²) in [6.45, 7) is 8.36. The van der Waals surface area contributed by atoms with Crippen LogP contribution in [0.5, 0.6) is 0 Å². The first-order valence-electron chi connectivity index (χ1n) is 4.44. The predicted molar refractivity (Wildman–Crippen MR) is 57.9 cm³/mol. The lowest BCUT2D eigenvalue weighted by Gasteiger charge is -2.07. The van der Waals surface area contributed by atoms with Crippen molar-refractivity contribution < 1.29 is 8.60 Å². The molecule has 0 bridgehead atoms. The van der Waals surface area contributed by atoms with Crippen molar-refractivity contribution >= 4 is 10.8 Å². The molecule has 0 aromatic rings. The van der Waals surface area contributed by atoms with Gasteiger partial charge in [-0.05, 0) is 25.1 Å². The van der Waals surface area contributed by atoms with Gasteiger partial charge in [0.2, 0.25) is 0 Å². The first-order valence-corrected chi connectivity index (χ1v) is 5.65. The van der Waals surface area contributed by atoms with Crippen LogP contribution < -0.4 is 5.32 Å². The number of rotatable bonds is 4. The van der Waals surface area contributed by atoms with Crippen LogP contribution in [0.15, 0.2) is 36.0 Å². The van der Waals surface area contributed by atoms with E-state index in [0.717, 1.165) is 19.5 Å². The second-order valence-corrected chi connectivity index (χ2v) is 4.94. The molecular weight excluding hydrogens is 201 g/mol. The summed E-state index contributed by atoms with van der Waals surface area (Å²) >= 11 is 0. The molecule has 1 fully saturated rings. The topological polar surface area (TPSA) is 29.1 Å². The van der Waals surface area contributed by atoms with Gasteiger partial charge in [0.15, 0.2) is 0 Å². The van der Waals surface area contributed by atoms with Gasteiger partial charge in [-0.2, -0.15) is 0 Å². The Balaban J connectivity index is 2.51. The second kappa shape index (κ2) is 5.22. The van der Waals surface area contributed by atoms with Gasteiger partial charge in [-0.15, -0.1) is 0 Å². The average molecular weight is 215 g/mol. The quantitative estimate of drug-likeness (QED) is 0.722. The molecule has 78 valence electrons. The first kappa shape index (κ1) is 11.3. The van der Waals surface area contributed by atoms with E-state index in [1.165, 1.54) is 12.2 Å². The maximum atomic E-state index is 12.3. The molecule has 1 heterocycles. The Morgan fingerprint density at radius 1 is 1.50 bits per heavy atom. The first-order chi connectivity index (χ1) is 6.61. The van der Waals surface area contributed by atoms with Gasteiger partial charge < -0.3 is 5.32 Å². The fraction of sp³-hybridized carbons (Fsp3) is 0.400. The molecule has 0 aromatic carbocycles. The van der Waals surface area contributed by atoms with Crippen LogP contribution in [-0.2, 0) is 10.8 Å². The van der Waals surface area contributed by atoms with Crippen molar-refractivity contribution in [1.82, 2.24) is 5.32 Å². The van der Waals surface area contributed by atoms with E-state index in [0.29, 0.717) is 4.91 Å². The molecular formula is C10H14FNOS. The van der Waals surface area contributed by atoms with Crippen molar-refractivity contribution in [2.45, 2.75) is 11.7 Å². The third-order valence-electron chi connectivity index (χ3n) is 2.03. The van der Waals surface area contributed by atoms with Crippen molar-refractivity contribution in [2.24, 2.45) is 0 Å². The zero-order valence-electron chi connectivity index (χ0n) is 7.96. The fourth-order valence-corrected chi connectivity index (χ4v) is 2.51. The lowest BCUT2D eigenvalue weighted by Crippen LogP contribution is -2.18. The van der Waals surface area contributed by atoms with E-state index in [-0.39, 0.29) is 5.25 Å². The third-order valence-corrected chi connectivity index (χ3v) is 3.69. The van der Waals surface area contributed by atoms with Gasteiger partial charge in [0.1, 0.15) is 5.83 Å². The molecule has 0 radical (unpaired) electrons. The Labute approximate surface area is 86.0 Å². The van der Waals surface area contributed by atoms with Crippen molar-refractivity contribution in [3.63, 3.8) is 0 Å². The second-order valence-electron chi connectivity index (χ2n) is 3.16. The molecule has 4 heteroatoms. The van der Waals surface area contributed by atoms with Crippen LogP contribution in [-0.4, -0.2) is 22.5 Å². The minimum absolute atomic E-state index is 0.111. The van der Waals surface area contributed by atoms with Crippen LogP contribution >= 0.6 is 0 Å². The largest absolute Gasteiger partial charge is 0.315 e. The molecule has 0 amide bonds. The monoisotopic (exact) mass is 215 g/mol. The Morgan fingerprint density at radius 2 is 2.21 bits per heavy atom. The zero-order chi connectivity index (χ0) is 10.6. The number of hydrogen-bond acceptors (Lipinski definition) is 2. The summed E-state index contributed by atoms with van der Waals surface area (Å²) in [5.74, 6) is -0.548. The number of hydrogen-bond donors (Lipinski definition) is 1. The highest BCUT2D eigenvalue weighted by molar-refractivity contribution is 7.89. The summed E-state index contributed by atoms with van der Waals surface area (Å²) in [5, 5.41) is 3.23. The Hall–Kier alpha value is -0.740. The summed E-state index contributed by atoms with van der Waals surface area (Å²) in [5.41, 5.74) is 0. The molecule has 14 heavy (non-hydrogen) atoms. The number of halogens is 1. The van der Waals surface area contributed by atoms with Crippen LogP contribution in [0.3, 0.4) is 0 Å². The van der Waals surface area contributed by atoms with Gasteiger partial charge in [0, 0.05) is 11.4 Å². The van der Waals surface area contributed by atoms with Crippen LogP contribution in [0, 0.1) is 0 Å². The van der Waals surface area contributed by atoms with Gasteiger partial charge in [-0.3, -0.25) is 4.21 Å².